The summed E-state index contributed by atoms with van der Waals surface area (Å²) in [6, 6.07) is 20.6. The highest BCUT2D eigenvalue weighted by atomic mass is 15.3. The molecule has 2 heterocycles. The molecule has 4 rings (SSSR count). The highest BCUT2D eigenvalue weighted by Gasteiger charge is 2.21. The zero-order valence-electron chi connectivity index (χ0n) is 13.9. The van der Waals surface area contributed by atoms with Crippen molar-refractivity contribution in [3.8, 4) is 0 Å². The smallest absolute Gasteiger partial charge is 0.230 e. The first-order valence-corrected chi connectivity index (χ1v) is 8.48. The van der Waals surface area contributed by atoms with Crippen LogP contribution in [-0.2, 0) is 6.42 Å². The second-order valence-electron chi connectivity index (χ2n) is 5.94. The lowest BCUT2D eigenvalue weighted by molar-refractivity contribution is 0.937. The van der Waals surface area contributed by atoms with Gasteiger partial charge in [0.1, 0.15) is 0 Å². The minimum atomic E-state index is 0.763. The summed E-state index contributed by atoms with van der Waals surface area (Å²) in [7, 11) is 0. The number of benzene rings is 2. The van der Waals surface area contributed by atoms with Gasteiger partial charge >= 0.3 is 0 Å². The van der Waals surface area contributed by atoms with E-state index in [9.17, 15) is 0 Å². The van der Waals surface area contributed by atoms with Crippen molar-refractivity contribution in [3.63, 3.8) is 0 Å². The van der Waals surface area contributed by atoms with Crippen molar-refractivity contribution in [2.45, 2.75) is 6.42 Å². The van der Waals surface area contributed by atoms with Crippen molar-refractivity contribution in [3.05, 3.63) is 95.8 Å². The summed E-state index contributed by atoms with van der Waals surface area (Å²) in [5.41, 5.74) is 4.67. The van der Waals surface area contributed by atoms with Gasteiger partial charge in [-0.3, -0.25) is 0 Å². The number of aromatic nitrogens is 2. The van der Waals surface area contributed by atoms with Gasteiger partial charge in [-0.25, -0.2) is 9.97 Å². The fraction of sp³-hybridized carbons (Fsp3) is 0.0909. The monoisotopic (exact) mass is 325 g/mol. The molecule has 122 valence electrons. The van der Waals surface area contributed by atoms with E-state index in [1.165, 1.54) is 16.8 Å². The Morgan fingerprint density at radius 2 is 1.64 bits per heavy atom. The average molecular weight is 325 g/mol. The number of nitrogens with zero attached hydrogens (tertiary/aromatic N) is 3. The van der Waals surface area contributed by atoms with Gasteiger partial charge in [0.2, 0.25) is 5.95 Å². The standard InChI is InChI=1S/C22H19N3/c1-2-8-18(9-3-1)10-4-6-12-20-14-16-23-22(24-20)25-17-15-19-11-5-7-13-21(19)25/h1-14,16H,15,17H2/b10-4-,12-6+. The fourth-order valence-corrected chi connectivity index (χ4v) is 3.02. The Bertz CT molecular complexity index is 913. The van der Waals surface area contributed by atoms with Crippen molar-refractivity contribution in [1.82, 2.24) is 9.97 Å². The maximum atomic E-state index is 4.69. The molecule has 1 aromatic heterocycles. The molecule has 0 atom stereocenters. The van der Waals surface area contributed by atoms with Gasteiger partial charge in [0.25, 0.3) is 0 Å². The van der Waals surface area contributed by atoms with E-state index >= 15 is 0 Å². The van der Waals surface area contributed by atoms with E-state index in [2.05, 4.69) is 52.4 Å². The van der Waals surface area contributed by atoms with Crippen LogP contribution in [0.4, 0.5) is 11.6 Å². The van der Waals surface area contributed by atoms with E-state index < -0.39 is 0 Å². The van der Waals surface area contributed by atoms with E-state index in [0.29, 0.717) is 0 Å². The quantitative estimate of drug-likeness (QED) is 0.639. The molecule has 2 aromatic carbocycles. The molecule has 25 heavy (non-hydrogen) atoms. The highest BCUT2D eigenvalue weighted by molar-refractivity contribution is 5.66. The van der Waals surface area contributed by atoms with Gasteiger partial charge in [-0.05, 0) is 35.8 Å². The molecular formula is C22H19N3. The SMILES string of the molecule is C(=C/c1ccccc1)/C=C/c1ccnc(N2CCc3ccccc32)n1. The van der Waals surface area contributed by atoms with Crippen LogP contribution in [-0.4, -0.2) is 16.5 Å². The van der Waals surface area contributed by atoms with Crippen LogP contribution >= 0.6 is 0 Å². The third-order valence-corrected chi connectivity index (χ3v) is 4.26. The number of rotatable bonds is 4. The third-order valence-electron chi connectivity index (χ3n) is 4.26. The maximum Gasteiger partial charge on any atom is 0.230 e. The summed E-state index contributed by atoms with van der Waals surface area (Å²) in [5, 5.41) is 0. The Morgan fingerprint density at radius 1 is 0.840 bits per heavy atom. The summed E-state index contributed by atoms with van der Waals surface area (Å²) >= 11 is 0. The number of anilines is 2. The van der Waals surface area contributed by atoms with Crippen molar-refractivity contribution < 1.29 is 0 Å². The second kappa shape index (κ2) is 7.14. The number of hydrogen-bond acceptors (Lipinski definition) is 3. The zero-order chi connectivity index (χ0) is 16.9. The molecule has 0 fully saturated rings. The Kier molecular flexibility index (Phi) is 4.38. The van der Waals surface area contributed by atoms with Gasteiger partial charge in [-0.2, -0.15) is 0 Å². The fourth-order valence-electron chi connectivity index (χ4n) is 3.02. The largest absolute Gasteiger partial charge is 0.310 e. The molecule has 0 aliphatic carbocycles. The van der Waals surface area contributed by atoms with Crippen LogP contribution in [0.5, 0.6) is 0 Å². The van der Waals surface area contributed by atoms with Crippen LogP contribution in [0, 0.1) is 0 Å². The lowest BCUT2D eigenvalue weighted by atomic mass is 10.2. The number of fused-ring (bicyclic) bond motifs is 1. The number of allylic oxidation sites excluding steroid dienone is 2. The van der Waals surface area contributed by atoms with E-state index in [0.717, 1.165) is 24.6 Å². The second-order valence-corrected chi connectivity index (χ2v) is 5.94. The van der Waals surface area contributed by atoms with E-state index in [4.69, 9.17) is 4.98 Å². The normalized spacial score (nSPS) is 13.7. The van der Waals surface area contributed by atoms with Gasteiger partial charge in [0, 0.05) is 18.4 Å². The molecule has 0 spiro atoms. The first kappa shape index (κ1) is 15.3. The van der Waals surface area contributed by atoms with Crippen LogP contribution in [0.3, 0.4) is 0 Å². The van der Waals surface area contributed by atoms with E-state index in [1.54, 1.807) is 0 Å². The summed E-state index contributed by atoms with van der Waals surface area (Å²) in [5.74, 6) is 0.763. The first-order chi connectivity index (χ1) is 12.4. The summed E-state index contributed by atoms with van der Waals surface area (Å²) in [6.45, 7) is 0.931. The van der Waals surface area contributed by atoms with E-state index in [1.807, 2.05) is 48.7 Å². The Morgan fingerprint density at radius 3 is 2.56 bits per heavy atom. The first-order valence-electron chi connectivity index (χ1n) is 8.48. The molecule has 0 unspecified atom stereocenters. The molecular weight excluding hydrogens is 306 g/mol. The minimum Gasteiger partial charge on any atom is -0.310 e. The average Bonchev–Trinajstić information content (AvgIpc) is 3.11. The van der Waals surface area contributed by atoms with Crippen LogP contribution in [0.1, 0.15) is 16.8 Å². The van der Waals surface area contributed by atoms with Crippen molar-refractivity contribution in [1.29, 1.82) is 0 Å². The van der Waals surface area contributed by atoms with Gasteiger partial charge < -0.3 is 4.90 Å². The molecule has 3 aromatic rings. The van der Waals surface area contributed by atoms with Gasteiger partial charge in [-0.1, -0.05) is 66.8 Å². The van der Waals surface area contributed by atoms with Gasteiger partial charge in [0.05, 0.1) is 5.69 Å². The molecule has 3 heteroatoms. The van der Waals surface area contributed by atoms with Crippen LogP contribution < -0.4 is 4.90 Å². The zero-order valence-corrected chi connectivity index (χ0v) is 13.9. The maximum absolute atomic E-state index is 4.69. The Hall–Kier alpha value is -3.20. The van der Waals surface area contributed by atoms with Crippen LogP contribution in [0.25, 0.3) is 12.2 Å². The van der Waals surface area contributed by atoms with Gasteiger partial charge in [-0.15, -0.1) is 0 Å². The lowest BCUT2D eigenvalue weighted by Gasteiger charge is -2.17. The minimum absolute atomic E-state index is 0.763. The Balaban J connectivity index is 1.51. The predicted molar refractivity (Wildman–Crippen MR) is 104 cm³/mol. The van der Waals surface area contributed by atoms with Crippen molar-refractivity contribution in [2.24, 2.45) is 0 Å². The van der Waals surface area contributed by atoms with Crippen LogP contribution in [0.15, 0.2) is 79.0 Å². The van der Waals surface area contributed by atoms with Crippen LogP contribution in [0.2, 0.25) is 0 Å². The molecule has 1 aliphatic heterocycles. The number of para-hydroxylation sites is 1. The topological polar surface area (TPSA) is 29.0 Å². The lowest BCUT2D eigenvalue weighted by Crippen LogP contribution is -2.16. The molecule has 1 aliphatic rings. The number of hydrogen-bond donors (Lipinski definition) is 0. The molecule has 0 saturated heterocycles. The van der Waals surface area contributed by atoms with Gasteiger partial charge in [0.15, 0.2) is 0 Å². The summed E-state index contributed by atoms with van der Waals surface area (Å²) < 4.78 is 0. The summed E-state index contributed by atoms with van der Waals surface area (Å²) in [6.07, 6.45) is 11.0. The molecule has 0 saturated carbocycles. The molecule has 0 N–H and O–H groups in total. The van der Waals surface area contributed by atoms with Crippen molar-refractivity contribution >= 4 is 23.8 Å². The highest BCUT2D eigenvalue weighted by Crippen LogP contribution is 2.32. The van der Waals surface area contributed by atoms with E-state index in [-0.39, 0.29) is 0 Å². The third kappa shape index (κ3) is 3.50. The molecule has 0 bridgehead atoms. The molecule has 0 radical (unpaired) electrons. The Labute approximate surface area is 148 Å². The summed E-state index contributed by atoms with van der Waals surface area (Å²) in [4.78, 5) is 11.3. The molecule has 3 nitrogen and oxygen atoms in total. The molecule has 0 amide bonds. The predicted octanol–water partition coefficient (Wildman–Crippen LogP) is 4.90. The van der Waals surface area contributed by atoms with Crippen molar-refractivity contribution in [2.75, 3.05) is 11.4 Å².